The number of carbonyl (C=O) groups excluding carboxylic acids is 2. The van der Waals surface area contributed by atoms with Crippen LogP contribution in [0, 0.1) is 0 Å². The van der Waals surface area contributed by atoms with Gasteiger partial charge in [0.25, 0.3) is 11.8 Å². The van der Waals surface area contributed by atoms with Crippen molar-refractivity contribution in [3.8, 4) is 11.5 Å². The number of hydrogen-bond acceptors (Lipinski definition) is 14. The van der Waals surface area contributed by atoms with E-state index in [-0.39, 0.29) is 87.0 Å². The Labute approximate surface area is 341 Å². The first kappa shape index (κ1) is 41.5. The van der Waals surface area contributed by atoms with Crippen LogP contribution in [0.3, 0.4) is 0 Å². The number of thiazole rings is 1. The molecular weight excluding hydrogens is 774 g/mol. The quantitative estimate of drug-likeness (QED) is 0.0225. The second-order valence-electron chi connectivity index (χ2n) is 13.1. The molecule has 55 heavy (non-hydrogen) atoms. The number of aromatic hydroxyl groups is 2. The van der Waals surface area contributed by atoms with Crippen molar-refractivity contribution in [2.45, 2.75) is 56.8 Å². The van der Waals surface area contributed by atoms with Gasteiger partial charge in [0.15, 0.2) is 27.8 Å². The molecule has 0 unspecified atom stereocenters. The summed E-state index contributed by atoms with van der Waals surface area (Å²) in [6, 6.07) is 1.51. The summed E-state index contributed by atoms with van der Waals surface area (Å²) in [6.07, 6.45) is 0.394. The summed E-state index contributed by atoms with van der Waals surface area (Å²) in [4.78, 5) is 86.2. The van der Waals surface area contributed by atoms with Crippen molar-refractivity contribution < 1.29 is 88.4 Å². The van der Waals surface area contributed by atoms with Gasteiger partial charge in [0.05, 0.1) is 36.0 Å². The minimum atomic E-state index is -1.95. The Morgan fingerprint density at radius 2 is 1.84 bits per heavy atom. The molecule has 0 bridgehead atoms. The number of fused-ring (bicyclic) bond motifs is 2. The van der Waals surface area contributed by atoms with Crippen LogP contribution < -0.4 is 46.0 Å². The normalized spacial score (nSPS) is 19.6. The Balaban J connectivity index is 0.00000580. The number of carboxylic acids is 3. The number of β-lactam (4-membered cyclic amide) rings is 1. The van der Waals surface area contributed by atoms with Crippen LogP contribution >= 0.6 is 23.1 Å². The van der Waals surface area contributed by atoms with Crippen LogP contribution in [0.15, 0.2) is 44.9 Å². The van der Waals surface area contributed by atoms with E-state index in [4.69, 9.17) is 15.7 Å². The molecule has 22 heteroatoms. The monoisotopic (exact) mass is 809 g/mol. The molecule has 19 nitrogen and oxygen atoms in total. The van der Waals surface area contributed by atoms with Crippen LogP contribution in [0.1, 0.15) is 37.4 Å². The number of phenols is 2. The van der Waals surface area contributed by atoms with Gasteiger partial charge < -0.3 is 50.5 Å². The minimum Gasteiger partial charge on any atom is -0.504 e. The Kier molecular flexibility index (Phi) is 12.5. The molecule has 6 rings (SSSR count). The molecule has 0 spiro atoms. The minimum absolute atomic E-state index is 0. The third-order valence-corrected chi connectivity index (χ3v) is 11.6. The van der Waals surface area contributed by atoms with Crippen molar-refractivity contribution in [3.05, 3.63) is 56.5 Å². The van der Waals surface area contributed by atoms with Gasteiger partial charge in [-0.25, -0.2) is 14.6 Å². The summed E-state index contributed by atoms with van der Waals surface area (Å²) >= 11 is 2.16. The first-order chi connectivity index (χ1) is 25.6. The zero-order valence-electron chi connectivity index (χ0n) is 29.6. The zero-order valence-corrected chi connectivity index (χ0v) is 33.3. The number of nitrogen functional groups attached to an aromatic ring is 1. The smallest absolute Gasteiger partial charge is 0.504 e. The average molecular weight is 810 g/mol. The second-order valence-corrected chi connectivity index (χ2v) is 15.1. The molecule has 2 fully saturated rings. The second kappa shape index (κ2) is 16.6. The van der Waals surface area contributed by atoms with Gasteiger partial charge in [-0.2, -0.15) is 0 Å². The predicted octanol–water partition coefficient (Wildman–Crippen LogP) is -2.33. The van der Waals surface area contributed by atoms with Crippen LogP contribution in [-0.2, 0) is 41.9 Å². The number of nitrogens with one attached hydrogen (secondary N) is 1. The largest absolute Gasteiger partial charge is 1.00 e. The number of carboxylic acid groups (broad SMARTS) is 3. The molecule has 8 N–H and O–H groups in total. The van der Waals surface area contributed by atoms with Crippen LogP contribution in [0.4, 0.5) is 5.13 Å². The van der Waals surface area contributed by atoms with Gasteiger partial charge in [-0.3, -0.25) is 24.1 Å². The number of carbonyl (C=O) groups is 5. The molecule has 0 aliphatic carbocycles. The summed E-state index contributed by atoms with van der Waals surface area (Å²) in [5, 5.41) is 56.2. The zero-order chi connectivity index (χ0) is 39.1. The standard InChI is InChI=1S/C33H35N7O12S2.Na/c1-2-38-10-15(26(44)17-5-6-19(41)27(45)25(17)38)11-40(7-3-4-8-40)12-16-13-53-30-23(29(47)39(30)24(16)32(50)51)36-28(46)22(18-14-54-33(34)35-18)37-52-20(31(48)49)9-21(42)43;/h5-6,10,14,20,23,30H,2-4,7-9,11-13H2,1H3,(H7-,34,35,36,37,41,42,43,44,45,46,48,49,50,51);/q;+1/p+1/t20-,23+,30+;/m0./s1. The Bertz CT molecular complexity index is 2200. The van der Waals surface area contributed by atoms with Crippen LogP contribution in [0.25, 0.3) is 10.9 Å². The number of thioether (sulfide) groups is 1. The average Bonchev–Trinajstić information content (AvgIpc) is 3.77. The van der Waals surface area contributed by atoms with E-state index in [0.29, 0.717) is 35.3 Å². The SMILES string of the molecule is CCn1cc(C[N+]2(CC3=C(C(=O)O)N4C(=O)[C@@H](NC(=O)/C(=N\O[C@@H](CC(=O)O)C(=O)O)c5csc(N)n5)[C@H]4SC3)CCCC2)c(=O)c2ccc(O)c(O)c21.[Na+]. The summed E-state index contributed by atoms with van der Waals surface area (Å²) in [5.74, 6) is -6.79. The molecule has 1 aromatic carbocycles. The van der Waals surface area contributed by atoms with E-state index in [1.807, 2.05) is 6.92 Å². The Morgan fingerprint density at radius 3 is 2.44 bits per heavy atom. The van der Waals surface area contributed by atoms with Gasteiger partial charge in [0.2, 0.25) is 6.10 Å². The number of aryl methyl sites for hydroxylation is 1. The first-order valence-corrected chi connectivity index (χ1v) is 18.6. The third-order valence-electron chi connectivity index (χ3n) is 9.58. The maximum Gasteiger partial charge on any atom is 1.00 e. The van der Waals surface area contributed by atoms with Gasteiger partial charge in [-0.15, -0.1) is 23.1 Å². The van der Waals surface area contributed by atoms with Gasteiger partial charge in [-0.05, 0) is 19.1 Å². The number of anilines is 1. The third kappa shape index (κ3) is 8.17. The van der Waals surface area contributed by atoms with E-state index in [0.717, 1.165) is 29.1 Å². The maximum atomic E-state index is 13.7. The topological polar surface area (TPSA) is 284 Å². The number of aromatic nitrogens is 2. The van der Waals surface area contributed by atoms with Gasteiger partial charge in [-0.1, -0.05) is 5.16 Å². The molecule has 3 aromatic rings. The number of rotatable bonds is 14. The first-order valence-electron chi connectivity index (χ1n) is 16.7. The van der Waals surface area contributed by atoms with Crippen LogP contribution in [0.5, 0.6) is 11.5 Å². The van der Waals surface area contributed by atoms with Crippen molar-refractivity contribution >= 4 is 74.6 Å². The summed E-state index contributed by atoms with van der Waals surface area (Å²) in [7, 11) is 0. The van der Waals surface area contributed by atoms with E-state index < -0.39 is 65.1 Å². The molecule has 286 valence electrons. The van der Waals surface area contributed by atoms with Gasteiger partial charge >= 0.3 is 47.5 Å². The van der Waals surface area contributed by atoms with Crippen molar-refractivity contribution in [1.82, 2.24) is 19.8 Å². The molecule has 0 saturated carbocycles. The van der Waals surface area contributed by atoms with Crippen LogP contribution in [-0.4, -0.2) is 123 Å². The van der Waals surface area contributed by atoms with E-state index >= 15 is 0 Å². The fraction of sp³-hybridized carbons (Fsp3) is 0.394. The number of oxime groups is 1. The molecule has 3 aliphatic rings. The van der Waals surface area contributed by atoms with Crippen molar-refractivity contribution in [1.29, 1.82) is 0 Å². The molecule has 2 amide bonds. The Morgan fingerprint density at radius 1 is 1.13 bits per heavy atom. The van der Waals surface area contributed by atoms with E-state index in [1.165, 1.54) is 29.3 Å². The molecule has 2 saturated heterocycles. The Hall–Kier alpha value is -4.67. The van der Waals surface area contributed by atoms with Gasteiger partial charge in [0, 0.05) is 42.3 Å². The number of phenolic OH excluding ortho intramolecular Hbond substituents is 2. The number of likely N-dealkylation sites (tertiary alicyclic amines) is 1. The van der Waals surface area contributed by atoms with E-state index in [1.54, 1.807) is 10.8 Å². The van der Waals surface area contributed by atoms with E-state index in [2.05, 4.69) is 15.5 Å². The number of aliphatic carboxylic acids is 3. The molecule has 5 heterocycles. The molecule has 3 atom stereocenters. The maximum absolute atomic E-state index is 13.7. The molecule has 3 aliphatic heterocycles. The summed E-state index contributed by atoms with van der Waals surface area (Å²) in [5.41, 5.74) is 5.62. The molecule has 0 radical (unpaired) electrons. The number of nitrogens with zero attached hydrogens (tertiary/aromatic N) is 5. The predicted molar refractivity (Wildman–Crippen MR) is 193 cm³/mol. The fourth-order valence-corrected chi connectivity index (χ4v) is 8.98. The number of benzene rings is 1. The van der Waals surface area contributed by atoms with E-state index in [9.17, 15) is 49.2 Å². The summed E-state index contributed by atoms with van der Waals surface area (Å²) < 4.78 is 2.04. The van der Waals surface area contributed by atoms with Crippen LogP contribution in [0.2, 0.25) is 0 Å². The number of pyridine rings is 1. The molecule has 2 aromatic heterocycles. The van der Waals surface area contributed by atoms with Crippen molar-refractivity contribution in [3.63, 3.8) is 0 Å². The number of amides is 2. The summed E-state index contributed by atoms with van der Waals surface area (Å²) in [6.45, 7) is 4.00. The number of nitrogens with two attached hydrogens (primary N) is 1. The van der Waals surface area contributed by atoms with Crippen molar-refractivity contribution in [2.24, 2.45) is 5.16 Å². The van der Waals surface area contributed by atoms with Crippen molar-refractivity contribution in [2.75, 3.05) is 31.1 Å². The fourth-order valence-electron chi connectivity index (χ4n) is 7.09. The van der Waals surface area contributed by atoms with Gasteiger partial charge in [0.1, 0.15) is 35.9 Å². The molecular formula is C33H36N7NaO12S2+2. The number of hydrogen-bond donors (Lipinski definition) is 7. The number of quaternary nitrogens is 1.